The van der Waals surface area contributed by atoms with E-state index in [2.05, 4.69) is 39.0 Å². The molecule has 0 spiro atoms. The van der Waals surface area contributed by atoms with E-state index in [4.69, 9.17) is 4.74 Å². The topological polar surface area (TPSA) is 92.6 Å². The third-order valence-corrected chi connectivity index (χ3v) is 4.44. The van der Waals surface area contributed by atoms with E-state index in [0.717, 1.165) is 40.7 Å². The average Bonchev–Trinajstić information content (AvgIpc) is 3.15. The van der Waals surface area contributed by atoms with Crippen LogP contribution in [0.15, 0.2) is 47.2 Å². The summed E-state index contributed by atoms with van der Waals surface area (Å²) in [5.41, 5.74) is 3.72. The highest BCUT2D eigenvalue weighted by Crippen LogP contribution is 2.27. The van der Waals surface area contributed by atoms with Crippen LogP contribution in [0.2, 0.25) is 0 Å². The summed E-state index contributed by atoms with van der Waals surface area (Å²) in [5, 5.41) is 14.0. The number of amides is 1. The normalized spacial score (nSPS) is 12.2. The van der Waals surface area contributed by atoms with Crippen LogP contribution < -0.4 is 16.0 Å². The second-order valence-electron chi connectivity index (χ2n) is 8.57. The van der Waals surface area contributed by atoms with E-state index in [-0.39, 0.29) is 0 Å². The van der Waals surface area contributed by atoms with Crippen LogP contribution in [0.4, 0.5) is 22.0 Å². The summed E-state index contributed by atoms with van der Waals surface area (Å²) in [4.78, 5) is 16.5. The van der Waals surface area contributed by atoms with Crippen LogP contribution in [0.3, 0.4) is 0 Å². The minimum absolute atomic E-state index is 0.493. The number of nitrogens with one attached hydrogen (secondary N) is 3. The highest BCUT2D eigenvalue weighted by molar-refractivity contribution is 5.86. The van der Waals surface area contributed by atoms with Crippen molar-refractivity contribution in [3.8, 4) is 0 Å². The number of nitrogens with zero attached hydrogens (tertiary/aromatic N) is 3. The van der Waals surface area contributed by atoms with Gasteiger partial charge in [0.25, 0.3) is 0 Å². The molecule has 0 bridgehead atoms. The third-order valence-electron chi connectivity index (χ3n) is 4.44. The first-order chi connectivity index (χ1) is 16.6. The molecule has 1 aromatic carbocycles. The van der Waals surface area contributed by atoms with Gasteiger partial charge in [0.15, 0.2) is 0 Å². The number of hydrogen-bond donors (Lipinski definition) is 3. The number of anilines is 3. The molecule has 0 atom stereocenters. The number of rotatable bonds is 8. The van der Waals surface area contributed by atoms with Crippen molar-refractivity contribution in [2.75, 3.05) is 17.7 Å². The Labute approximate surface area is 210 Å². The second kappa shape index (κ2) is 14.0. The maximum absolute atomic E-state index is 12.2. The standard InChI is InChI=1S/C25H36N6O2.C2H6/c1-9-11-20(16-22(26-8)27-10-2)31-23(14-18(4)30-31)29-21-15-19(13-12-17(21)3)28-24(32)33-25(5,6)7;1-2/h10-16,26,29H,9H2,1-8H3,(H,28,32);1-2H3/b20-11-,22-16-,27-10-;. The molecule has 0 saturated carbocycles. The molecule has 2 rings (SSSR count). The van der Waals surface area contributed by atoms with E-state index in [1.807, 2.05) is 97.5 Å². The number of aliphatic imine (C=N–C) groups is 1. The Morgan fingerprint density at radius 3 is 2.46 bits per heavy atom. The van der Waals surface area contributed by atoms with Crippen molar-refractivity contribution in [2.24, 2.45) is 4.99 Å². The van der Waals surface area contributed by atoms with Gasteiger partial charge < -0.3 is 15.4 Å². The highest BCUT2D eigenvalue weighted by Gasteiger charge is 2.17. The molecule has 1 aromatic heterocycles. The molecule has 1 amide bonds. The molecule has 3 N–H and O–H groups in total. The molecule has 0 radical (unpaired) electrons. The van der Waals surface area contributed by atoms with E-state index in [1.165, 1.54) is 0 Å². The smallest absolute Gasteiger partial charge is 0.412 e. The van der Waals surface area contributed by atoms with Crippen LogP contribution in [0, 0.1) is 13.8 Å². The summed E-state index contributed by atoms with van der Waals surface area (Å²) < 4.78 is 7.22. The average molecular weight is 483 g/mol. The van der Waals surface area contributed by atoms with Gasteiger partial charge in [0.2, 0.25) is 0 Å². The molecule has 8 heteroatoms. The summed E-state index contributed by atoms with van der Waals surface area (Å²) in [6.07, 6.45) is 6.13. The predicted molar refractivity (Wildman–Crippen MR) is 149 cm³/mol. The van der Waals surface area contributed by atoms with E-state index < -0.39 is 11.7 Å². The van der Waals surface area contributed by atoms with Crippen molar-refractivity contribution in [3.63, 3.8) is 0 Å². The molecule has 2 aromatic rings. The van der Waals surface area contributed by atoms with Crippen LogP contribution in [0.25, 0.3) is 5.70 Å². The Morgan fingerprint density at radius 2 is 1.89 bits per heavy atom. The zero-order valence-corrected chi connectivity index (χ0v) is 22.9. The van der Waals surface area contributed by atoms with Crippen LogP contribution in [0.5, 0.6) is 0 Å². The maximum Gasteiger partial charge on any atom is 0.412 e. The van der Waals surface area contributed by atoms with E-state index in [0.29, 0.717) is 5.69 Å². The molecule has 0 aliphatic heterocycles. The Bertz CT molecular complexity index is 1060. The lowest BCUT2D eigenvalue weighted by atomic mass is 10.1. The predicted octanol–water partition coefficient (Wildman–Crippen LogP) is 7.02. The summed E-state index contributed by atoms with van der Waals surface area (Å²) in [7, 11) is 1.84. The van der Waals surface area contributed by atoms with Crippen molar-refractivity contribution in [1.29, 1.82) is 0 Å². The van der Waals surface area contributed by atoms with Gasteiger partial charge in [-0.1, -0.05) is 32.9 Å². The third kappa shape index (κ3) is 9.68. The molecule has 1 heterocycles. The van der Waals surface area contributed by atoms with Gasteiger partial charge in [-0.25, -0.2) is 14.5 Å². The number of aryl methyl sites for hydroxylation is 2. The fourth-order valence-electron chi connectivity index (χ4n) is 3.05. The number of carbonyl (C=O) groups excluding carboxylic acids is 1. The molecule has 0 aliphatic carbocycles. The fourth-order valence-corrected chi connectivity index (χ4v) is 3.05. The lowest BCUT2D eigenvalue weighted by Gasteiger charge is -2.20. The van der Waals surface area contributed by atoms with Gasteiger partial charge in [0.05, 0.1) is 11.4 Å². The fraction of sp³-hybridized carbons (Fsp3) is 0.444. The summed E-state index contributed by atoms with van der Waals surface area (Å²) in [6, 6.07) is 7.65. The number of carbonyl (C=O) groups is 1. The van der Waals surface area contributed by atoms with Gasteiger partial charge in [-0.3, -0.25) is 5.32 Å². The molecule has 192 valence electrons. The van der Waals surface area contributed by atoms with Crippen molar-refractivity contribution in [1.82, 2.24) is 15.1 Å². The van der Waals surface area contributed by atoms with Gasteiger partial charge in [0.1, 0.15) is 17.2 Å². The number of aromatic nitrogens is 2. The van der Waals surface area contributed by atoms with Gasteiger partial charge in [-0.15, -0.1) is 0 Å². The zero-order chi connectivity index (χ0) is 26.6. The van der Waals surface area contributed by atoms with Gasteiger partial charge in [-0.05, 0) is 65.7 Å². The van der Waals surface area contributed by atoms with E-state index in [1.54, 1.807) is 6.21 Å². The Hall–Kier alpha value is -3.55. The summed E-state index contributed by atoms with van der Waals surface area (Å²) >= 11 is 0. The Morgan fingerprint density at radius 1 is 1.20 bits per heavy atom. The van der Waals surface area contributed by atoms with Gasteiger partial charge >= 0.3 is 6.09 Å². The van der Waals surface area contributed by atoms with E-state index >= 15 is 0 Å². The zero-order valence-electron chi connectivity index (χ0n) is 22.9. The van der Waals surface area contributed by atoms with Crippen LogP contribution in [0.1, 0.15) is 66.1 Å². The van der Waals surface area contributed by atoms with Crippen molar-refractivity contribution in [2.45, 2.75) is 74.3 Å². The monoisotopic (exact) mass is 482 g/mol. The molecule has 35 heavy (non-hydrogen) atoms. The SMILES string of the molecule is CC.C\C=N/C(=C\C(=C\CC)n1nc(C)cc1Nc1cc(NC(=O)OC(C)(C)C)ccc1C)NC. The number of hydrogen-bond acceptors (Lipinski definition) is 6. The quantitative estimate of drug-likeness (QED) is 0.278. The molecule has 0 fully saturated rings. The Kier molecular flexibility index (Phi) is 11.8. The minimum Gasteiger partial charge on any atom is -0.444 e. The highest BCUT2D eigenvalue weighted by atomic mass is 16.6. The first-order valence-corrected chi connectivity index (χ1v) is 12.1. The lowest BCUT2D eigenvalue weighted by Crippen LogP contribution is -2.27. The van der Waals surface area contributed by atoms with Gasteiger partial charge in [0, 0.05) is 36.8 Å². The molecular weight excluding hydrogens is 440 g/mol. The maximum atomic E-state index is 12.2. The van der Waals surface area contributed by atoms with Crippen molar-refractivity contribution >= 4 is 35.2 Å². The van der Waals surface area contributed by atoms with Crippen molar-refractivity contribution in [3.05, 3.63) is 53.5 Å². The van der Waals surface area contributed by atoms with Crippen molar-refractivity contribution < 1.29 is 9.53 Å². The molecule has 0 saturated heterocycles. The van der Waals surface area contributed by atoms with E-state index in [9.17, 15) is 4.79 Å². The van der Waals surface area contributed by atoms with Crippen LogP contribution >= 0.6 is 0 Å². The lowest BCUT2D eigenvalue weighted by molar-refractivity contribution is 0.0636. The minimum atomic E-state index is -0.566. The number of benzene rings is 1. The largest absolute Gasteiger partial charge is 0.444 e. The molecule has 0 unspecified atom stereocenters. The van der Waals surface area contributed by atoms with Crippen LogP contribution in [-0.2, 0) is 4.74 Å². The summed E-state index contributed by atoms with van der Waals surface area (Å²) in [5.74, 6) is 1.54. The molecule has 8 nitrogen and oxygen atoms in total. The number of ether oxygens (including phenoxy) is 1. The van der Waals surface area contributed by atoms with Crippen LogP contribution in [-0.4, -0.2) is 34.7 Å². The second-order valence-corrected chi connectivity index (χ2v) is 8.57. The first-order valence-electron chi connectivity index (χ1n) is 12.1. The molecular formula is C27H42N6O2. The van der Waals surface area contributed by atoms with Gasteiger partial charge in [-0.2, -0.15) is 5.10 Å². The summed E-state index contributed by atoms with van der Waals surface area (Å²) in [6.45, 7) is 17.4. The molecule has 0 aliphatic rings. The number of allylic oxidation sites excluding steroid dienone is 3. The Balaban J connectivity index is 0.00000298. The first kappa shape index (κ1) is 29.5.